The number of fused-ring (bicyclic) bond motifs is 1. The van der Waals surface area contributed by atoms with Crippen LogP contribution in [0.1, 0.15) is 72.0 Å². The Labute approximate surface area is 316 Å². The van der Waals surface area contributed by atoms with Gasteiger partial charge in [-0.2, -0.15) is 9.36 Å². The van der Waals surface area contributed by atoms with Gasteiger partial charge in [0.05, 0.1) is 0 Å². The van der Waals surface area contributed by atoms with Crippen LogP contribution in [0.4, 0.5) is 9.93 Å². The van der Waals surface area contributed by atoms with E-state index in [0.717, 1.165) is 48.5 Å². The largest absolute Gasteiger partial charge is 0.477 e. The number of carbonyl (C=O) groups excluding carboxylic acids is 4. The maximum atomic E-state index is 13.5. The number of oxime groups is 1. The number of nitrogens with zero attached hydrogens (tertiary/aromatic N) is 8. The molecule has 0 bridgehead atoms. The predicted molar refractivity (Wildman–Crippen MR) is 191 cm³/mol. The monoisotopic (exact) mass is 795 g/mol. The smallest absolute Gasteiger partial charge is 0.407 e. The van der Waals surface area contributed by atoms with Crippen molar-refractivity contribution in [2.75, 3.05) is 23.8 Å². The molecule has 2 aromatic rings. The molecule has 0 radical (unpaired) electrons. The Morgan fingerprint density at radius 1 is 1.19 bits per heavy atom. The number of carboxylic acids is 1. The molecule has 0 aromatic carbocycles. The van der Waals surface area contributed by atoms with Crippen molar-refractivity contribution in [3.05, 3.63) is 17.1 Å². The number of rotatable bonds is 15. The van der Waals surface area contributed by atoms with E-state index in [4.69, 9.17) is 20.0 Å². The molecular formula is C30H41N11O9S3. The van der Waals surface area contributed by atoms with E-state index in [1.54, 1.807) is 20.8 Å². The molecule has 3 amide bonds. The summed E-state index contributed by atoms with van der Waals surface area (Å²) in [5, 5.41) is 30.7. The molecule has 4 heterocycles. The van der Waals surface area contributed by atoms with Crippen molar-refractivity contribution in [1.82, 2.24) is 45.1 Å². The quantitative estimate of drug-likeness (QED) is 0.0497. The molecule has 23 heteroatoms. The Balaban J connectivity index is 1.19. The van der Waals surface area contributed by atoms with E-state index in [0.29, 0.717) is 30.2 Å². The fourth-order valence-corrected chi connectivity index (χ4v) is 8.29. The number of hydrogen-bond acceptors (Lipinski definition) is 18. The lowest BCUT2D eigenvalue weighted by molar-refractivity contribution is -0.163. The highest BCUT2D eigenvalue weighted by molar-refractivity contribution is 8.01. The number of aryl methyl sites for hydroxylation is 1. The van der Waals surface area contributed by atoms with Crippen LogP contribution in [0.15, 0.2) is 21.6 Å². The van der Waals surface area contributed by atoms with Crippen LogP contribution >= 0.6 is 35.1 Å². The normalized spacial score (nSPS) is 19.9. The lowest BCUT2D eigenvalue weighted by Gasteiger charge is -2.49. The van der Waals surface area contributed by atoms with Crippen LogP contribution in [-0.4, -0.2) is 122 Å². The summed E-state index contributed by atoms with van der Waals surface area (Å²) in [6.07, 6.45) is 3.16. The minimum absolute atomic E-state index is 0.0462. The summed E-state index contributed by atoms with van der Waals surface area (Å²) in [5.74, 6) is -3.23. The summed E-state index contributed by atoms with van der Waals surface area (Å²) in [6.45, 7) is 7.44. The van der Waals surface area contributed by atoms with Crippen molar-refractivity contribution in [1.29, 1.82) is 0 Å². The van der Waals surface area contributed by atoms with Crippen LogP contribution in [0, 0.1) is 0 Å². The summed E-state index contributed by atoms with van der Waals surface area (Å²) in [6, 6.07) is -1.10. The number of ether oxygens (including phenoxy) is 2. The zero-order valence-corrected chi connectivity index (χ0v) is 31.9. The van der Waals surface area contributed by atoms with Crippen LogP contribution in [-0.2, 0) is 40.0 Å². The first-order valence-electron chi connectivity index (χ1n) is 16.8. The number of thioether (sulfide) groups is 2. The summed E-state index contributed by atoms with van der Waals surface area (Å²) in [5.41, 5.74) is 4.97. The number of esters is 1. The number of nitrogens with one attached hydrogen (secondary N) is 2. The van der Waals surface area contributed by atoms with E-state index in [-0.39, 0.29) is 34.3 Å². The van der Waals surface area contributed by atoms with Crippen LogP contribution in [0.25, 0.3) is 0 Å². The number of anilines is 1. The van der Waals surface area contributed by atoms with Gasteiger partial charge in [0.2, 0.25) is 22.8 Å². The van der Waals surface area contributed by atoms with Crippen molar-refractivity contribution in [2.45, 2.75) is 107 Å². The van der Waals surface area contributed by atoms with Gasteiger partial charge in [-0.05, 0) is 75.8 Å². The highest BCUT2D eigenvalue weighted by atomic mass is 32.2. The third-order valence-electron chi connectivity index (χ3n) is 7.96. The SMILES string of the molecule is CC(ON=C(C(=O)NC1C(=O)N2C(C(=O)O)=C(CSc3nnnn3CCCNC(=O)OC(C)(C)C)CS[C@H]12)c1nsc(N)n1)C(=O)OC1CCCCC1. The second-order valence-electron chi connectivity index (χ2n) is 13.2. The topological polar surface area (TPSA) is 268 Å². The van der Waals surface area contributed by atoms with Crippen LogP contribution < -0.4 is 16.4 Å². The molecule has 20 nitrogen and oxygen atoms in total. The molecule has 3 aliphatic rings. The van der Waals surface area contributed by atoms with Crippen molar-refractivity contribution in [2.24, 2.45) is 5.16 Å². The highest BCUT2D eigenvalue weighted by Gasteiger charge is 2.54. The Kier molecular flexibility index (Phi) is 13.1. The Morgan fingerprint density at radius 3 is 2.62 bits per heavy atom. The maximum Gasteiger partial charge on any atom is 0.407 e. The number of tetrazole rings is 1. The molecule has 1 saturated carbocycles. The number of carbonyl (C=O) groups is 5. The minimum atomic E-state index is -1.30. The number of nitrogen functional groups attached to an aromatic ring is 1. The predicted octanol–water partition coefficient (Wildman–Crippen LogP) is 1.54. The van der Waals surface area contributed by atoms with Gasteiger partial charge in [-0.1, -0.05) is 23.3 Å². The minimum Gasteiger partial charge on any atom is -0.477 e. The fraction of sp³-hybridized carbons (Fsp3) is 0.633. The first kappa shape index (κ1) is 39.7. The molecule has 3 atom stereocenters. The number of hydrogen-bond donors (Lipinski definition) is 4. The molecule has 2 aliphatic heterocycles. The zero-order valence-electron chi connectivity index (χ0n) is 29.5. The first-order chi connectivity index (χ1) is 25.2. The van der Waals surface area contributed by atoms with Crippen LogP contribution in [0.3, 0.4) is 0 Å². The van der Waals surface area contributed by atoms with Crippen molar-refractivity contribution < 1.29 is 43.4 Å². The van der Waals surface area contributed by atoms with E-state index in [1.165, 1.54) is 35.1 Å². The molecule has 1 aliphatic carbocycles. The molecule has 0 spiro atoms. The number of alkyl carbamates (subject to hydrolysis) is 1. The molecule has 5 N–H and O–H groups in total. The number of aromatic nitrogens is 6. The van der Waals surface area contributed by atoms with Crippen molar-refractivity contribution in [3.8, 4) is 0 Å². The molecular weight excluding hydrogens is 755 g/mol. The van der Waals surface area contributed by atoms with Crippen molar-refractivity contribution in [3.63, 3.8) is 0 Å². The van der Waals surface area contributed by atoms with Gasteiger partial charge in [0.25, 0.3) is 11.8 Å². The number of aliphatic carboxylic acids is 1. The number of β-lactam (4-membered cyclic amide) rings is 1. The highest BCUT2D eigenvalue weighted by Crippen LogP contribution is 2.41. The van der Waals surface area contributed by atoms with E-state index in [2.05, 4.69) is 40.7 Å². The van der Waals surface area contributed by atoms with Gasteiger partial charge in [-0.25, -0.2) is 19.1 Å². The standard InChI is InChI=1S/C30H41N11O9S3/c1-15(26(46)48-17-9-6-5-7-10-17)50-36-18(21-34-27(31)53-37-21)22(42)33-19-23(43)41-20(25(44)45)16(13-51-24(19)41)14-52-28-35-38-39-40(28)12-8-11-32-29(47)49-30(2,3)4/h15,17,19,24H,5-14H2,1-4H3,(H,32,47)(H,33,42)(H,44,45)(H2,31,34,37)/t15?,19?,24-/m1/s1. The van der Waals surface area contributed by atoms with E-state index in [1.807, 2.05) is 0 Å². The summed E-state index contributed by atoms with van der Waals surface area (Å²) in [4.78, 5) is 74.3. The molecule has 5 rings (SSSR count). The molecule has 53 heavy (non-hydrogen) atoms. The molecule has 2 fully saturated rings. The van der Waals surface area contributed by atoms with E-state index in [9.17, 15) is 29.1 Å². The van der Waals surface area contributed by atoms with Gasteiger partial charge in [0.1, 0.15) is 28.8 Å². The van der Waals surface area contributed by atoms with Crippen molar-refractivity contribution >= 4 is 75.7 Å². The fourth-order valence-electron chi connectivity index (χ4n) is 5.46. The van der Waals surface area contributed by atoms with Gasteiger partial charge in [0, 0.05) is 36.1 Å². The van der Waals surface area contributed by atoms with E-state index >= 15 is 0 Å². The summed E-state index contributed by atoms with van der Waals surface area (Å²) >= 11 is 3.29. The summed E-state index contributed by atoms with van der Waals surface area (Å²) in [7, 11) is 0. The zero-order chi connectivity index (χ0) is 38.3. The van der Waals surface area contributed by atoms with Crippen LogP contribution in [0.2, 0.25) is 0 Å². The number of nitrogens with two attached hydrogens (primary N) is 1. The number of carboxylic acid groups (broad SMARTS) is 1. The second-order valence-corrected chi connectivity index (χ2v) is 16.0. The number of amides is 3. The van der Waals surface area contributed by atoms with Gasteiger partial charge >= 0.3 is 18.0 Å². The van der Waals surface area contributed by atoms with Gasteiger partial charge in [0.15, 0.2) is 5.13 Å². The lowest BCUT2D eigenvalue weighted by Crippen LogP contribution is -2.71. The Morgan fingerprint density at radius 2 is 1.94 bits per heavy atom. The lowest BCUT2D eigenvalue weighted by atomic mass is 9.98. The van der Waals surface area contributed by atoms with E-state index < -0.39 is 58.7 Å². The molecule has 1 saturated heterocycles. The molecule has 2 aromatic heterocycles. The third kappa shape index (κ3) is 10.3. The molecule has 2 unspecified atom stereocenters. The van der Waals surface area contributed by atoms with Gasteiger partial charge in [-0.15, -0.1) is 16.9 Å². The molecule has 288 valence electrons. The average molecular weight is 796 g/mol. The Hall–Kier alpha value is -4.51. The second kappa shape index (κ2) is 17.5. The van der Waals surface area contributed by atoms with Crippen LogP contribution in [0.5, 0.6) is 0 Å². The Bertz CT molecular complexity index is 1750. The maximum absolute atomic E-state index is 13.5. The first-order valence-corrected chi connectivity index (χ1v) is 19.6. The average Bonchev–Trinajstić information content (AvgIpc) is 3.75. The summed E-state index contributed by atoms with van der Waals surface area (Å²) < 4.78 is 16.3. The third-order valence-corrected chi connectivity index (χ3v) is 10.9. The van der Waals surface area contributed by atoms with Gasteiger partial charge in [-0.3, -0.25) is 14.5 Å². The van der Waals surface area contributed by atoms with Gasteiger partial charge < -0.3 is 35.8 Å².